The van der Waals surface area contributed by atoms with Gasteiger partial charge >= 0.3 is 6.18 Å². The van der Waals surface area contributed by atoms with Gasteiger partial charge in [-0.2, -0.15) is 13.2 Å². The highest BCUT2D eigenvalue weighted by Gasteiger charge is 2.32. The van der Waals surface area contributed by atoms with E-state index in [4.69, 9.17) is 0 Å². The first-order valence-corrected chi connectivity index (χ1v) is 8.36. The predicted octanol–water partition coefficient (Wildman–Crippen LogP) is 3.11. The van der Waals surface area contributed by atoms with Crippen molar-refractivity contribution in [3.05, 3.63) is 29.8 Å². The highest BCUT2D eigenvalue weighted by Crippen LogP contribution is 2.30. The topological polar surface area (TPSA) is 46.2 Å². The Hall–Kier alpha value is -1.08. The molecule has 0 aliphatic rings. The molecule has 0 saturated carbocycles. The lowest BCUT2D eigenvalue weighted by Gasteiger charge is -2.21. The quantitative estimate of drug-likeness (QED) is 0.875. The van der Waals surface area contributed by atoms with Crippen molar-refractivity contribution in [3.63, 3.8) is 0 Å². The van der Waals surface area contributed by atoms with Crippen molar-refractivity contribution in [2.24, 2.45) is 5.92 Å². The molecule has 0 aliphatic heterocycles. The van der Waals surface area contributed by atoms with Crippen LogP contribution in [0.25, 0.3) is 0 Å². The lowest BCUT2D eigenvalue weighted by Crippen LogP contribution is -2.39. The third-order valence-corrected chi connectivity index (χ3v) is 4.96. The van der Waals surface area contributed by atoms with Gasteiger partial charge in [0.1, 0.15) is 0 Å². The normalized spacial score (nSPS) is 14.4. The van der Waals surface area contributed by atoms with Gasteiger partial charge in [0.05, 0.1) is 16.2 Å². The van der Waals surface area contributed by atoms with Crippen LogP contribution in [0, 0.1) is 5.92 Å². The van der Waals surface area contributed by atoms with E-state index >= 15 is 0 Å². The Labute approximate surface area is 123 Å². The van der Waals surface area contributed by atoms with Gasteiger partial charge in [-0.3, -0.25) is 0 Å². The molecule has 0 aromatic heterocycles. The minimum absolute atomic E-state index is 0.0607. The molecule has 0 spiro atoms. The van der Waals surface area contributed by atoms with Crippen LogP contribution in [0.2, 0.25) is 0 Å². The summed E-state index contributed by atoms with van der Waals surface area (Å²) in [4.78, 5) is -0.291. The highest BCUT2D eigenvalue weighted by atomic mass is 32.2. The van der Waals surface area contributed by atoms with Crippen LogP contribution < -0.4 is 5.32 Å². The van der Waals surface area contributed by atoms with E-state index in [0.717, 1.165) is 12.1 Å². The fourth-order valence-corrected chi connectivity index (χ4v) is 3.71. The molecule has 21 heavy (non-hydrogen) atoms. The van der Waals surface area contributed by atoms with Crippen LogP contribution in [0.4, 0.5) is 13.2 Å². The van der Waals surface area contributed by atoms with Crippen LogP contribution in [0.1, 0.15) is 26.3 Å². The first-order valence-electron chi connectivity index (χ1n) is 6.71. The Morgan fingerprint density at radius 3 is 2.33 bits per heavy atom. The maximum atomic E-state index is 12.7. The highest BCUT2D eigenvalue weighted by molar-refractivity contribution is 7.91. The molecule has 7 heteroatoms. The third kappa shape index (κ3) is 5.00. The molecule has 120 valence electrons. The largest absolute Gasteiger partial charge is 0.416 e. The SMILES string of the molecule is CCNC(CS(=O)(=O)c1cccc(C(F)(F)F)c1)C(C)C. The molecule has 0 amide bonds. The van der Waals surface area contributed by atoms with Crippen molar-refractivity contribution in [3.8, 4) is 0 Å². The number of rotatable bonds is 6. The Morgan fingerprint density at radius 1 is 1.24 bits per heavy atom. The van der Waals surface area contributed by atoms with Crippen molar-refractivity contribution in [2.45, 2.75) is 37.9 Å². The van der Waals surface area contributed by atoms with Crippen molar-refractivity contribution < 1.29 is 21.6 Å². The van der Waals surface area contributed by atoms with Gasteiger partial charge in [0.25, 0.3) is 0 Å². The van der Waals surface area contributed by atoms with E-state index < -0.39 is 21.6 Å². The lowest BCUT2D eigenvalue weighted by molar-refractivity contribution is -0.137. The second-order valence-corrected chi connectivity index (χ2v) is 7.25. The second-order valence-electron chi connectivity index (χ2n) is 5.22. The summed E-state index contributed by atoms with van der Waals surface area (Å²) in [5.41, 5.74) is -0.951. The Balaban J connectivity index is 3.08. The number of benzene rings is 1. The molecule has 1 atom stereocenters. The standard InChI is InChI=1S/C14H20F3NO2S/c1-4-18-13(10(2)3)9-21(19,20)12-7-5-6-11(8-12)14(15,16)17/h5-8,10,13,18H,4,9H2,1-3H3. The molecule has 0 saturated heterocycles. The Morgan fingerprint density at radius 2 is 1.86 bits per heavy atom. The average molecular weight is 323 g/mol. The predicted molar refractivity (Wildman–Crippen MR) is 75.8 cm³/mol. The second kappa shape index (κ2) is 6.79. The molecule has 0 radical (unpaired) electrons. The van der Waals surface area contributed by atoms with Crippen LogP contribution >= 0.6 is 0 Å². The van der Waals surface area contributed by atoms with Crippen LogP contribution in [0.15, 0.2) is 29.2 Å². The number of hydrogen-bond donors (Lipinski definition) is 1. The van der Waals surface area contributed by atoms with E-state index in [-0.39, 0.29) is 22.6 Å². The molecule has 1 aromatic rings. The average Bonchev–Trinajstić information content (AvgIpc) is 2.37. The molecular weight excluding hydrogens is 303 g/mol. The maximum absolute atomic E-state index is 12.7. The van der Waals surface area contributed by atoms with E-state index in [0.29, 0.717) is 12.6 Å². The van der Waals surface area contributed by atoms with Crippen LogP contribution in [-0.2, 0) is 16.0 Å². The smallest absolute Gasteiger partial charge is 0.313 e. The van der Waals surface area contributed by atoms with Crippen molar-refractivity contribution in [1.29, 1.82) is 0 Å². The van der Waals surface area contributed by atoms with E-state index in [1.165, 1.54) is 6.07 Å². The van der Waals surface area contributed by atoms with Gasteiger partial charge in [-0.15, -0.1) is 0 Å². The fraction of sp³-hybridized carbons (Fsp3) is 0.571. The number of sulfone groups is 1. The van der Waals surface area contributed by atoms with E-state index in [1.807, 2.05) is 20.8 Å². The molecule has 1 unspecified atom stereocenters. The molecule has 0 aliphatic carbocycles. The summed E-state index contributed by atoms with van der Waals surface area (Å²) in [5.74, 6) is -0.162. The van der Waals surface area contributed by atoms with E-state index in [1.54, 1.807) is 0 Å². The number of alkyl halides is 3. The zero-order valence-electron chi connectivity index (χ0n) is 12.2. The summed E-state index contributed by atoms with van der Waals surface area (Å²) >= 11 is 0. The van der Waals surface area contributed by atoms with Gasteiger partial charge in [0.15, 0.2) is 9.84 Å². The molecule has 0 heterocycles. The summed E-state index contributed by atoms with van der Waals surface area (Å²) in [5, 5.41) is 3.05. The van der Waals surface area contributed by atoms with Gasteiger partial charge in [0.2, 0.25) is 0 Å². The van der Waals surface area contributed by atoms with Gasteiger partial charge < -0.3 is 5.32 Å². The molecule has 0 bridgehead atoms. The lowest BCUT2D eigenvalue weighted by atomic mass is 10.1. The van der Waals surface area contributed by atoms with Crippen molar-refractivity contribution in [1.82, 2.24) is 5.32 Å². The Bertz CT molecular complexity index is 568. The summed E-state index contributed by atoms with van der Waals surface area (Å²) < 4.78 is 62.6. The fourth-order valence-electron chi connectivity index (χ4n) is 1.95. The van der Waals surface area contributed by atoms with Crippen molar-refractivity contribution in [2.75, 3.05) is 12.3 Å². The van der Waals surface area contributed by atoms with Gasteiger partial charge in [-0.05, 0) is 30.7 Å². The first-order chi connectivity index (χ1) is 9.58. The van der Waals surface area contributed by atoms with Crippen LogP contribution in [0.3, 0.4) is 0 Å². The number of nitrogens with one attached hydrogen (secondary N) is 1. The van der Waals surface area contributed by atoms with Crippen LogP contribution in [-0.4, -0.2) is 26.8 Å². The zero-order valence-corrected chi connectivity index (χ0v) is 13.1. The molecule has 1 rings (SSSR count). The minimum atomic E-state index is -4.55. The van der Waals surface area contributed by atoms with Gasteiger partial charge in [-0.1, -0.05) is 26.8 Å². The monoisotopic (exact) mass is 323 g/mol. The maximum Gasteiger partial charge on any atom is 0.416 e. The Kier molecular flexibility index (Phi) is 5.81. The molecular formula is C14H20F3NO2S. The minimum Gasteiger partial charge on any atom is -0.313 e. The number of hydrogen-bond acceptors (Lipinski definition) is 3. The first kappa shape index (κ1) is 18.0. The molecule has 1 N–H and O–H groups in total. The van der Waals surface area contributed by atoms with Crippen LogP contribution in [0.5, 0.6) is 0 Å². The van der Waals surface area contributed by atoms with Gasteiger partial charge in [0, 0.05) is 6.04 Å². The molecule has 3 nitrogen and oxygen atoms in total. The summed E-state index contributed by atoms with van der Waals surface area (Å²) in [6, 6.07) is 3.58. The van der Waals surface area contributed by atoms with Gasteiger partial charge in [-0.25, -0.2) is 8.42 Å². The number of halogens is 3. The zero-order chi connectivity index (χ0) is 16.3. The van der Waals surface area contributed by atoms with Crippen molar-refractivity contribution >= 4 is 9.84 Å². The summed E-state index contributed by atoms with van der Waals surface area (Å²) in [7, 11) is -3.77. The summed E-state index contributed by atoms with van der Waals surface area (Å²) in [6.07, 6.45) is -4.55. The van der Waals surface area contributed by atoms with E-state index in [2.05, 4.69) is 5.32 Å². The summed E-state index contributed by atoms with van der Waals surface area (Å²) in [6.45, 7) is 6.19. The molecule has 1 aromatic carbocycles. The third-order valence-electron chi connectivity index (χ3n) is 3.19. The molecule has 0 fully saturated rings. The van der Waals surface area contributed by atoms with E-state index in [9.17, 15) is 21.6 Å².